The Hall–Kier alpha value is -1.93. The van der Waals surface area contributed by atoms with E-state index in [2.05, 4.69) is 15.2 Å². The van der Waals surface area contributed by atoms with Crippen LogP contribution in [0.4, 0.5) is 0 Å². The summed E-state index contributed by atoms with van der Waals surface area (Å²) in [6.07, 6.45) is 3.91. The Balaban J connectivity index is 1.86. The van der Waals surface area contributed by atoms with Crippen molar-refractivity contribution in [3.8, 4) is 6.07 Å². The van der Waals surface area contributed by atoms with Gasteiger partial charge in [0, 0.05) is 18.8 Å². The molecule has 1 atom stereocenters. The third-order valence-corrected chi connectivity index (χ3v) is 3.23. The van der Waals surface area contributed by atoms with Gasteiger partial charge in [0.2, 0.25) is 0 Å². The molecule has 1 aliphatic rings. The second-order valence-corrected chi connectivity index (χ2v) is 4.93. The predicted molar refractivity (Wildman–Crippen MR) is 71.6 cm³/mol. The predicted octanol–water partition coefficient (Wildman–Crippen LogP) is 1.17. The summed E-state index contributed by atoms with van der Waals surface area (Å²) in [5, 5.41) is 11.6. The zero-order chi connectivity index (χ0) is 13.7. The van der Waals surface area contributed by atoms with Gasteiger partial charge in [-0.05, 0) is 45.0 Å². The summed E-state index contributed by atoms with van der Waals surface area (Å²) in [4.78, 5) is 18.3. The number of hydrogen-bond donors (Lipinski definition) is 1. The van der Waals surface area contributed by atoms with Gasteiger partial charge >= 0.3 is 0 Å². The van der Waals surface area contributed by atoms with Crippen LogP contribution in [0, 0.1) is 11.3 Å². The average Bonchev–Trinajstić information content (AvgIpc) is 2.91. The number of carbonyl (C=O) groups is 1. The van der Waals surface area contributed by atoms with Crippen LogP contribution in [0.3, 0.4) is 0 Å². The van der Waals surface area contributed by atoms with Gasteiger partial charge in [-0.1, -0.05) is 0 Å². The summed E-state index contributed by atoms with van der Waals surface area (Å²) in [5.41, 5.74) is 0.814. The van der Waals surface area contributed by atoms with E-state index < -0.39 is 0 Å². The topological polar surface area (TPSA) is 69.0 Å². The SMILES string of the molecule is CC(CN1CCCC1)NC(=O)c1ccc(C#N)cn1. The van der Waals surface area contributed by atoms with E-state index in [1.807, 2.05) is 13.0 Å². The van der Waals surface area contributed by atoms with E-state index in [0.29, 0.717) is 11.3 Å². The van der Waals surface area contributed by atoms with Crippen LogP contribution in [0.5, 0.6) is 0 Å². The highest BCUT2D eigenvalue weighted by molar-refractivity contribution is 5.92. The number of amides is 1. The van der Waals surface area contributed by atoms with E-state index in [0.717, 1.165) is 19.6 Å². The van der Waals surface area contributed by atoms with E-state index in [4.69, 9.17) is 5.26 Å². The van der Waals surface area contributed by atoms with Crippen molar-refractivity contribution < 1.29 is 4.79 Å². The van der Waals surface area contributed by atoms with Gasteiger partial charge < -0.3 is 10.2 Å². The van der Waals surface area contributed by atoms with Gasteiger partial charge in [0.1, 0.15) is 11.8 Å². The number of likely N-dealkylation sites (tertiary alicyclic amines) is 1. The Morgan fingerprint density at radius 2 is 2.26 bits per heavy atom. The maximum Gasteiger partial charge on any atom is 0.270 e. The molecule has 1 aromatic rings. The number of nitriles is 1. The molecule has 1 fully saturated rings. The maximum atomic E-state index is 12.0. The number of nitrogens with zero attached hydrogens (tertiary/aromatic N) is 3. The van der Waals surface area contributed by atoms with E-state index in [1.54, 1.807) is 12.1 Å². The number of rotatable bonds is 4. The fourth-order valence-corrected chi connectivity index (χ4v) is 2.29. The molecule has 0 radical (unpaired) electrons. The normalized spacial score (nSPS) is 16.8. The van der Waals surface area contributed by atoms with Crippen LogP contribution in [-0.2, 0) is 0 Å². The first kappa shape index (κ1) is 13.5. The molecule has 1 amide bonds. The summed E-state index contributed by atoms with van der Waals surface area (Å²) < 4.78 is 0. The van der Waals surface area contributed by atoms with Gasteiger partial charge in [-0.15, -0.1) is 0 Å². The molecule has 100 valence electrons. The van der Waals surface area contributed by atoms with Crippen LogP contribution in [0.1, 0.15) is 35.8 Å². The van der Waals surface area contributed by atoms with Crippen LogP contribution >= 0.6 is 0 Å². The van der Waals surface area contributed by atoms with Crippen molar-refractivity contribution in [1.29, 1.82) is 5.26 Å². The summed E-state index contributed by atoms with van der Waals surface area (Å²) in [6, 6.07) is 5.27. The zero-order valence-corrected chi connectivity index (χ0v) is 11.1. The molecule has 0 aliphatic carbocycles. The van der Waals surface area contributed by atoms with E-state index in [1.165, 1.54) is 19.0 Å². The molecular weight excluding hydrogens is 240 g/mol. The van der Waals surface area contributed by atoms with Gasteiger partial charge in [-0.2, -0.15) is 5.26 Å². The first-order valence-electron chi connectivity index (χ1n) is 6.58. The summed E-state index contributed by atoms with van der Waals surface area (Å²) in [7, 11) is 0. The second-order valence-electron chi connectivity index (χ2n) is 4.93. The first-order chi connectivity index (χ1) is 9.19. The van der Waals surface area contributed by atoms with Crippen molar-refractivity contribution in [2.45, 2.75) is 25.8 Å². The van der Waals surface area contributed by atoms with E-state index >= 15 is 0 Å². The Kier molecular flexibility index (Phi) is 4.48. The van der Waals surface area contributed by atoms with Crippen LogP contribution in [0.25, 0.3) is 0 Å². The van der Waals surface area contributed by atoms with Crippen LogP contribution in [0.2, 0.25) is 0 Å². The number of hydrogen-bond acceptors (Lipinski definition) is 4. The zero-order valence-electron chi connectivity index (χ0n) is 11.1. The molecule has 5 nitrogen and oxygen atoms in total. The van der Waals surface area contributed by atoms with E-state index in [9.17, 15) is 4.79 Å². The minimum absolute atomic E-state index is 0.100. The number of aromatic nitrogens is 1. The molecular formula is C14H18N4O. The highest BCUT2D eigenvalue weighted by Crippen LogP contribution is 2.07. The summed E-state index contributed by atoms with van der Waals surface area (Å²) in [6.45, 7) is 5.12. The lowest BCUT2D eigenvalue weighted by molar-refractivity contribution is 0.0927. The largest absolute Gasteiger partial charge is 0.347 e. The highest BCUT2D eigenvalue weighted by Gasteiger charge is 2.16. The molecule has 2 rings (SSSR count). The summed E-state index contributed by atoms with van der Waals surface area (Å²) >= 11 is 0. The fraction of sp³-hybridized carbons (Fsp3) is 0.500. The monoisotopic (exact) mass is 258 g/mol. The van der Waals surface area contributed by atoms with Crippen LogP contribution in [0.15, 0.2) is 18.3 Å². The second kappa shape index (κ2) is 6.30. The van der Waals surface area contributed by atoms with Crippen molar-refractivity contribution in [3.63, 3.8) is 0 Å². The fourth-order valence-electron chi connectivity index (χ4n) is 2.29. The van der Waals surface area contributed by atoms with Crippen molar-refractivity contribution in [2.24, 2.45) is 0 Å². The standard InChI is InChI=1S/C14H18N4O/c1-11(10-18-6-2-3-7-18)17-14(19)13-5-4-12(8-15)9-16-13/h4-5,9,11H,2-3,6-7,10H2,1H3,(H,17,19). The molecule has 0 aromatic carbocycles. The molecule has 19 heavy (non-hydrogen) atoms. The maximum absolute atomic E-state index is 12.0. The molecule has 1 aromatic heterocycles. The minimum Gasteiger partial charge on any atom is -0.347 e. The van der Waals surface area contributed by atoms with Gasteiger partial charge in [0.15, 0.2) is 0 Å². The molecule has 0 saturated carbocycles. The van der Waals surface area contributed by atoms with Gasteiger partial charge in [0.25, 0.3) is 5.91 Å². The van der Waals surface area contributed by atoms with Gasteiger partial charge in [-0.25, -0.2) is 4.98 Å². The number of pyridine rings is 1. The van der Waals surface area contributed by atoms with Crippen molar-refractivity contribution in [1.82, 2.24) is 15.2 Å². The smallest absolute Gasteiger partial charge is 0.270 e. The molecule has 5 heteroatoms. The molecule has 1 unspecified atom stereocenters. The molecule has 2 heterocycles. The Labute approximate surface area is 113 Å². The molecule has 1 aliphatic heterocycles. The first-order valence-corrected chi connectivity index (χ1v) is 6.58. The van der Waals surface area contributed by atoms with Crippen LogP contribution < -0.4 is 5.32 Å². The lowest BCUT2D eigenvalue weighted by atomic mass is 10.2. The van der Waals surface area contributed by atoms with Gasteiger partial charge in [-0.3, -0.25) is 4.79 Å². The summed E-state index contributed by atoms with van der Waals surface area (Å²) in [5.74, 6) is -0.184. The highest BCUT2D eigenvalue weighted by atomic mass is 16.1. The third kappa shape index (κ3) is 3.76. The Morgan fingerprint density at radius 1 is 1.53 bits per heavy atom. The number of nitrogens with one attached hydrogen (secondary N) is 1. The quantitative estimate of drug-likeness (QED) is 0.880. The lowest BCUT2D eigenvalue weighted by Gasteiger charge is -2.20. The molecule has 0 bridgehead atoms. The molecule has 0 spiro atoms. The van der Waals surface area contributed by atoms with Crippen molar-refractivity contribution in [3.05, 3.63) is 29.6 Å². The van der Waals surface area contributed by atoms with E-state index in [-0.39, 0.29) is 11.9 Å². The third-order valence-electron chi connectivity index (χ3n) is 3.23. The Bertz CT molecular complexity index is 471. The molecule has 1 saturated heterocycles. The van der Waals surface area contributed by atoms with Crippen molar-refractivity contribution >= 4 is 5.91 Å². The van der Waals surface area contributed by atoms with Crippen molar-refractivity contribution in [2.75, 3.05) is 19.6 Å². The lowest BCUT2D eigenvalue weighted by Crippen LogP contribution is -2.41. The average molecular weight is 258 g/mol. The number of carbonyl (C=O) groups excluding carboxylic acids is 1. The molecule has 1 N–H and O–H groups in total. The Morgan fingerprint density at radius 3 is 2.84 bits per heavy atom. The minimum atomic E-state index is -0.184. The van der Waals surface area contributed by atoms with Crippen LogP contribution in [-0.4, -0.2) is 41.5 Å². The van der Waals surface area contributed by atoms with Gasteiger partial charge in [0.05, 0.1) is 5.56 Å².